The molecule has 0 spiro atoms. The molecule has 0 saturated heterocycles. The molecule has 0 aliphatic carbocycles. The molecule has 1 amide bonds. The van der Waals surface area contributed by atoms with Crippen molar-refractivity contribution in [3.8, 4) is 5.75 Å². The van der Waals surface area contributed by atoms with Crippen molar-refractivity contribution >= 4 is 21.8 Å². The summed E-state index contributed by atoms with van der Waals surface area (Å²) in [6.07, 6.45) is 4.19. The third kappa shape index (κ3) is 7.09. The number of ether oxygens (including phenoxy) is 1. The predicted molar refractivity (Wildman–Crippen MR) is 145 cm³/mol. The molecular formula is C30H31BrN2O2. The Labute approximate surface area is 216 Å². The minimum atomic E-state index is 0.00496. The topological polar surface area (TPSA) is 34.5 Å². The quantitative estimate of drug-likeness (QED) is 0.190. The summed E-state index contributed by atoms with van der Waals surface area (Å²) in [6.45, 7) is 4.65. The van der Waals surface area contributed by atoms with Gasteiger partial charge in [0.15, 0.2) is 0 Å². The van der Waals surface area contributed by atoms with E-state index in [1.54, 1.807) is 0 Å². The SMILES string of the molecule is CCCCOc1ccc(C(=O)N(Cc2ccccc2)Cc2cccn2Cc2ccc(Br)cc2)cc1. The molecule has 0 aliphatic rings. The van der Waals surface area contributed by atoms with Gasteiger partial charge in [0.25, 0.3) is 5.91 Å². The first-order chi connectivity index (χ1) is 17.1. The summed E-state index contributed by atoms with van der Waals surface area (Å²) >= 11 is 3.50. The van der Waals surface area contributed by atoms with Crippen LogP contribution in [0.3, 0.4) is 0 Å². The average molecular weight is 531 g/mol. The minimum absolute atomic E-state index is 0.00496. The number of halogens is 1. The van der Waals surface area contributed by atoms with Gasteiger partial charge in [0.2, 0.25) is 0 Å². The Morgan fingerprint density at radius 3 is 2.31 bits per heavy atom. The molecule has 3 aromatic carbocycles. The number of benzene rings is 3. The van der Waals surface area contributed by atoms with Crippen molar-refractivity contribution in [1.82, 2.24) is 9.47 Å². The zero-order chi connectivity index (χ0) is 24.5. The van der Waals surface area contributed by atoms with Gasteiger partial charge >= 0.3 is 0 Å². The van der Waals surface area contributed by atoms with E-state index in [9.17, 15) is 4.79 Å². The number of unbranched alkanes of at least 4 members (excludes halogenated alkanes) is 1. The van der Waals surface area contributed by atoms with Crippen LogP contribution in [-0.2, 0) is 19.6 Å². The first-order valence-electron chi connectivity index (χ1n) is 12.1. The molecule has 1 aromatic heterocycles. The highest BCUT2D eigenvalue weighted by Gasteiger charge is 2.18. The Morgan fingerprint density at radius 2 is 1.60 bits per heavy atom. The van der Waals surface area contributed by atoms with Gasteiger partial charge in [-0.2, -0.15) is 0 Å². The molecule has 0 atom stereocenters. The predicted octanol–water partition coefficient (Wildman–Crippen LogP) is 7.32. The van der Waals surface area contributed by atoms with Crippen LogP contribution >= 0.6 is 15.9 Å². The molecule has 1 heterocycles. The highest BCUT2D eigenvalue weighted by atomic mass is 79.9. The maximum Gasteiger partial charge on any atom is 0.254 e. The van der Waals surface area contributed by atoms with E-state index in [2.05, 4.69) is 76.1 Å². The van der Waals surface area contributed by atoms with Crippen molar-refractivity contribution < 1.29 is 9.53 Å². The number of carbonyl (C=O) groups is 1. The van der Waals surface area contributed by atoms with Crippen LogP contribution in [0.4, 0.5) is 0 Å². The zero-order valence-electron chi connectivity index (χ0n) is 20.1. The molecule has 35 heavy (non-hydrogen) atoms. The molecule has 5 heteroatoms. The number of nitrogens with zero attached hydrogens (tertiary/aromatic N) is 2. The highest BCUT2D eigenvalue weighted by molar-refractivity contribution is 9.10. The van der Waals surface area contributed by atoms with Crippen LogP contribution in [0.2, 0.25) is 0 Å². The van der Waals surface area contributed by atoms with Crippen LogP contribution < -0.4 is 4.74 Å². The zero-order valence-corrected chi connectivity index (χ0v) is 21.7. The summed E-state index contributed by atoms with van der Waals surface area (Å²) in [7, 11) is 0. The van der Waals surface area contributed by atoms with Gasteiger partial charge in [0.1, 0.15) is 5.75 Å². The molecule has 0 aliphatic heterocycles. The third-order valence-corrected chi connectivity index (χ3v) is 6.44. The maximum atomic E-state index is 13.6. The fourth-order valence-electron chi connectivity index (χ4n) is 3.94. The van der Waals surface area contributed by atoms with E-state index in [-0.39, 0.29) is 5.91 Å². The number of hydrogen-bond acceptors (Lipinski definition) is 2. The van der Waals surface area contributed by atoms with Gasteiger partial charge in [-0.05, 0) is 66.1 Å². The van der Waals surface area contributed by atoms with Crippen molar-refractivity contribution in [3.05, 3.63) is 124 Å². The van der Waals surface area contributed by atoms with Crippen LogP contribution in [-0.4, -0.2) is 22.0 Å². The van der Waals surface area contributed by atoms with Gasteiger partial charge < -0.3 is 14.2 Å². The van der Waals surface area contributed by atoms with E-state index in [1.807, 2.05) is 53.4 Å². The van der Waals surface area contributed by atoms with Crippen molar-refractivity contribution in [3.63, 3.8) is 0 Å². The van der Waals surface area contributed by atoms with Crippen molar-refractivity contribution in [2.24, 2.45) is 0 Å². The lowest BCUT2D eigenvalue weighted by Crippen LogP contribution is -2.31. The largest absolute Gasteiger partial charge is 0.494 e. The van der Waals surface area contributed by atoms with Crippen LogP contribution in [0.25, 0.3) is 0 Å². The van der Waals surface area contributed by atoms with Gasteiger partial charge in [0.05, 0.1) is 13.2 Å². The van der Waals surface area contributed by atoms with Crippen LogP contribution in [0.1, 0.15) is 46.9 Å². The van der Waals surface area contributed by atoms with Crippen LogP contribution in [0.15, 0.2) is 102 Å². The maximum absolute atomic E-state index is 13.6. The summed E-state index contributed by atoms with van der Waals surface area (Å²) in [4.78, 5) is 15.5. The van der Waals surface area contributed by atoms with E-state index >= 15 is 0 Å². The number of rotatable bonds is 11. The Morgan fingerprint density at radius 1 is 0.857 bits per heavy atom. The smallest absolute Gasteiger partial charge is 0.254 e. The van der Waals surface area contributed by atoms with Crippen molar-refractivity contribution in [2.45, 2.75) is 39.4 Å². The molecule has 4 rings (SSSR count). The Hall–Kier alpha value is -3.31. The fraction of sp³-hybridized carbons (Fsp3) is 0.233. The van der Waals surface area contributed by atoms with Gasteiger partial charge in [-0.25, -0.2) is 0 Å². The molecule has 0 bridgehead atoms. The van der Waals surface area contributed by atoms with E-state index in [4.69, 9.17) is 4.74 Å². The molecule has 0 unspecified atom stereocenters. The van der Waals surface area contributed by atoms with E-state index in [0.29, 0.717) is 25.3 Å². The third-order valence-electron chi connectivity index (χ3n) is 5.91. The molecule has 0 N–H and O–H groups in total. The van der Waals surface area contributed by atoms with E-state index in [0.717, 1.165) is 40.9 Å². The minimum Gasteiger partial charge on any atom is -0.494 e. The van der Waals surface area contributed by atoms with Crippen molar-refractivity contribution in [1.29, 1.82) is 0 Å². The number of carbonyl (C=O) groups excluding carboxylic acids is 1. The summed E-state index contributed by atoms with van der Waals surface area (Å²) in [6, 6.07) is 30.1. The summed E-state index contributed by atoms with van der Waals surface area (Å²) in [5.74, 6) is 0.804. The first-order valence-corrected chi connectivity index (χ1v) is 12.9. The number of amides is 1. The summed E-state index contributed by atoms with van der Waals surface area (Å²) < 4.78 is 9.04. The first kappa shape index (κ1) is 24.8. The standard InChI is InChI=1S/C30H31BrN2O2/c1-2-3-20-35-29-17-13-26(14-18-29)30(34)33(22-24-8-5-4-6-9-24)23-28-10-7-19-32(28)21-25-11-15-27(31)16-12-25/h4-19H,2-3,20-23H2,1H3. The number of hydrogen-bond donors (Lipinski definition) is 0. The van der Waals surface area contributed by atoms with E-state index < -0.39 is 0 Å². The van der Waals surface area contributed by atoms with Gasteiger partial charge in [-0.15, -0.1) is 0 Å². The monoisotopic (exact) mass is 530 g/mol. The Kier molecular flexibility index (Phi) is 8.79. The van der Waals surface area contributed by atoms with Gasteiger partial charge in [-0.1, -0.05) is 71.7 Å². The highest BCUT2D eigenvalue weighted by Crippen LogP contribution is 2.19. The molecule has 0 fully saturated rings. The van der Waals surface area contributed by atoms with Gasteiger partial charge in [0, 0.05) is 35.0 Å². The summed E-state index contributed by atoms with van der Waals surface area (Å²) in [5, 5.41) is 0. The lowest BCUT2D eigenvalue weighted by molar-refractivity contribution is 0.0726. The Bertz CT molecular complexity index is 1200. The van der Waals surface area contributed by atoms with Crippen LogP contribution in [0, 0.1) is 0 Å². The Balaban J connectivity index is 1.53. The molecule has 180 valence electrons. The number of aromatic nitrogens is 1. The molecule has 4 nitrogen and oxygen atoms in total. The molecule has 0 saturated carbocycles. The second-order valence-corrected chi connectivity index (χ2v) is 9.54. The van der Waals surface area contributed by atoms with Crippen LogP contribution in [0.5, 0.6) is 5.75 Å². The fourth-order valence-corrected chi connectivity index (χ4v) is 4.21. The second kappa shape index (κ2) is 12.4. The molecule has 4 aromatic rings. The second-order valence-electron chi connectivity index (χ2n) is 8.63. The molecular weight excluding hydrogens is 500 g/mol. The lowest BCUT2D eigenvalue weighted by atomic mass is 10.1. The summed E-state index contributed by atoms with van der Waals surface area (Å²) in [5.41, 5.74) is 4.07. The normalized spacial score (nSPS) is 10.8. The van der Waals surface area contributed by atoms with Crippen molar-refractivity contribution in [2.75, 3.05) is 6.61 Å². The lowest BCUT2D eigenvalue weighted by Gasteiger charge is -2.24. The average Bonchev–Trinajstić information content (AvgIpc) is 3.32. The van der Waals surface area contributed by atoms with Gasteiger partial charge in [-0.3, -0.25) is 4.79 Å². The van der Waals surface area contributed by atoms with E-state index in [1.165, 1.54) is 5.56 Å². The molecule has 0 radical (unpaired) electrons.